The molecule has 0 spiro atoms. The molecule has 0 radical (unpaired) electrons. The standard InChI is InChI=1S/C19H22N2O2/c1-18(2,3)19(15-8-11-20-12-9-15)16-7-5-4-6-14(16)10-13-21(19)17(22)23/h4-9,11-12H,10,13H2,1-3H3,(H,22,23). The molecule has 1 unspecified atom stereocenters. The van der Waals surface area contributed by atoms with Gasteiger partial charge in [-0.15, -0.1) is 0 Å². The van der Waals surface area contributed by atoms with Crippen LogP contribution in [0.4, 0.5) is 4.79 Å². The van der Waals surface area contributed by atoms with Crippen LogP contribution in [0.3, 0.4) is 0 Å². The number of carbonyl (C=O) groups is 1. The molecule has 4 nitrogen and oxygen atoms in total. The maximum Gasteiger partial charge on any atom is 0.408 e. The quantitative estimate of drug-likeness (QED) is 0.869. The van der Waals surface area contributed by atoms with Crippen LogP contribution in [-0.4, -0.2) is 27.6 Å². The lowest BCUT2D eigenvalue weighted by Gasteiger charge is -2.54. The molecule has 1 aliphatic heterocycles. The molecule has 0 fully saturated rings. The van der Waals surface area contributed by atoms with Crippen molar-refractivity contribution >= 4 is 6.09 Å². The van der Waals surface area contributed by atoms with Gasteiger partial charge in [0, 0.05) is 18.9 Å². The van der Waals surface area contributed by atoms with Crippen LogP contribution in [0.2, 0.25) is 0 Å². The summed E-state index contributed by atoms with van der Waals surface area (Å²) in [5.41, 5.74) is 2.22. The summed E-state index contributed by atoms with van der Waals surface area (Å²) in [6, 6.07) is 12.1. The molecule has 1 amide bonds. The van der Waals surface area contributed by atoms with E-state index < -0.39 is 11.6 Å². The number of fused-ring (bicyclic) bond motifs is 1. The second-order valence-electron chi connectivity index (χ2n) is 7.04. The highest BCUT2D eigenvalue weighted by Crippen LogP contribution is 2.52. The van der Waals surface area contributed by atoms with Gasteiger partial charge >= 0.3 is 6.09 Å². The Kier molecular flexibility index (Phi) is 3.63. The number of nitrogens with zero attached hydrogens (tertiary/aromatic N) is 2. The van der Waals surface area contributed by atoms with E-state index in [1.165, 1.54) is 5.56 Å². The van der Waals surface area contributed by atoms with Crippen molar-refractivity contribution in [2.24, 2.45) is 5.41 Å². The Labute approximate surface area is 136 Å². The van der Waals surface area contributed by atoms with Gasteiger partial charge in [-0.05, 0) is 40.7 Å². The number of aromatic nitrogens is 1. The van der Waals surface area contributed by atoms with Gasteiger partial charge in [0.25, 0.3) is 0 Å². The van der Waals surface area contributed by atoms with Crippen molar-refractivity contribution < 1.29 is 9.90 Å². The van der Waals surface area contributed by atoms with Crippen LogP contribution in [0.5, 0.6) is 0 Å². The van der Waals surface area contributed by atoms with Crippen LogP contribution in [0, 0.1) is 5.41 Å². The predicted molar refractivity (Wildman–Crippen MR) is 89.3 cm³/mol. The van der Waals surface area contributed by atoms with E-state index in [1.54, 1.807) is 17.3 Å². The van der Waals surface area contributed by atoms with Crippen molar-refractivity contribution in [2.45, 2.75) is 32.7 Å². The highest BCUT2D eigenvalue weighted by molar-refractivity contribution is 5.70. The fraction of sp³-hybridized carbons (Fsp3) is 0.368. The minimum atomic E-state index is -0.883. The topological polar surface area (TPSA) is 53.4 Å². The Balaban J connectivity index is 2.40. The lowest BCUT2D eigenvalue weighted by molar-refractivity contribution is 0.0196. The molecule has 4 heteroatoms. The van der Waals surface area contributed by atoms with Crippen molar-refractivity contribution in [3.63, 3.8) is 0 Å². The summed E-state index contributed by atoms with van der Waals surface area (Å²) in [6.07, 6.45) is 3.33. The van der Waals surface area contributed by atoms with E-state index in [-0.39, 0.29) is 5.41 Å². The number of rotatable bonds is 1. The average molecular weight is 310 g/mol. The van der Waals surface area contributed by atoms with Crippen molar-refractivity contribution in [3.05, 3.63) is 65.5 Å². The number of amides is 1. The van der Waals surface area contributed by atoms with Gasteiger partial charge in [-0.1, -0.05) is 45.0 Å². The van der Waals surface area contributed by atoms with Crippen LogP contribution in [-0.2, 0) is 12.0 Å². The fourth-order valence-electron chi connectivity index (χ4n) is 4.02. The molecule has 1 N–H and O–H groups in total. The van der Waals surface area contributed by atoms with Gasteiger partial charge < -0.3 is 5.11 Å². The molecule has 2 heterocycles. The Bertz CT molecular complexity index is 722. The molecule has 23 heavy (non-hydrogen) atoms. The first-order chi connectivity index (χ1) is 10.9. The van der Waals surface area contributed by atoms with Crippen molar-refractivity contribution in [1.29, 1.82) is 0 Å². The summed E-state index contributed by atoms with van der Waals surface area (Å²) in [5.74, 6) is 0. The number of benzene rings is 1. The lowest BCUT2D eigenvalue weighted by Crippen LogP contribution is -2.60. The predicted octanol–water partition coefficient (Wildman–Crippen LogP) is 3.91. The van der Waals surface area contributed by atoms with Crippen molar-refractivity contribution in [1.82, 2.24) is 9.88 Å². The molecule has 1 aromatic carbocycles. The van der Waals surface area contributed by atoms with Gasteiger partial charge in [0.05, 0.1) is 0 Å². The van der Waals surface area contributed by atoms with Gasteiger partial charge in [-0.2, -0.15) is 0 Å². The zero-order chi connectivity index (χ0) is 16.7. The second-order valence-corrected chi connectivity index (χ2v) is 7.04. The Morgan fingerprint density at radius 2 is 1.83 bits per heavy atom. The Morgan fingerprint density at radius 3 is 2.43 bits per heavy atom. The number of hydrogen-bond donors (Lipinski definition) is 1. The molecular weight excluding hydrogens is 288 g/mol. The first-order valence-electron chi connectivity index (χ1n) is 7.88. The van der Waals surface area contributed by atoms with Crippen LogP contribution in [0.15, 0.2) is 48.8 Å². The fourth-order valence-corrected chi connectivity index (χ4v) is 4.02. The van der Waals surface area contributed by atoms with Gasteiger partial charge in [0.15, 0.2) is 0 Å². The van der Waals surface area contributed by atoms with Crippen LogP contribution >= 0.6 is 0 Å². The summed E-state index contributed by atoms with van der Waals surface area (Å²) in [4.78, 5) is 17.8. The summed E-state index contributed by atoms with van der Waals surface area (Å²) in [6.45, 7) is 6.80. The molecule has 0 saturated heterocycles. The Hall–Kier alpha value is -2.36. The molecule has 0 aliphatic carbocycles. The molecule has 1 aromatic heterocycles. The normalized spacial score (nSPS) is 20.9. The van der Waals surface area contributed by atoms with Crippen molar-refractivity contribution in [2.75, 3.05) is 6.54 Å². The van der Waals surface area contributed by atoms with Gasteiger partial charge in [-0.25, -0.2) is 4.79 Å². The van der Waals surface area contributed by atoms with E-state index >= 15 is 0 Å². The first kappa shape index (κ1) is 15.5. The van der Waals surface area contributed by atoms with E-state index in [0.29, 0.717) is 6.54 Å². The maximum atomic E-state index is 12.1. The molecule has 2 aromatic rings. The molecule has 120 valence electrons. The van der Waals surface area contributed by atoms with Crippen molar-refractivity contribution in [3.8, 4) is 0 Å². The highest BCUT2D eigenvalue weighted by Gasteiger charge is 2.54. The first-order valence-corrected chi connectivity index (χ1v) is 7.88. The zero-order valence-electron chi connectivity index (χ0n) is 13.8. The maximum absolute atomic E-state index is 12.1. The van der Waals surface area contributed by atoms with Gasteiger partial charge in [0.2, 0.25) is 0 Å². The van der Waals surface area contributed by atoms with E-state index in [4.69, 9.17) is 0 Å². The minimum Gasteiger partial charge on any atom is -0.465 e. The summed E-state index contributed by atoms with van der Waals surface area (Å²) in [7, 11) is 0. The Morgan fingerprint density at radius 1 is 1.17 bits per heavy atom. The number of carboxylic acid groups (broad SMARTS) is 1. The monoisotopic (exact) mass is 310 g/mol. The molecule has 3 rings (SSSR count). The lowest BCUT2D eigenvalue weighted by atomic mass is 9.62. The average Bonchev–Trinajstić information content (AvgIpc) is 2.53. The van der Waals surface area contributed by atoms with Gasteiger partial charge in [-0.3, -0.25) is 9.88 Å². The number of hydrogen-bond acceptors (Lipinski definition) is 2. The van der Waals surface area contributed by atoms with Crippen LogP contribution in [0.25, 0.3) is 0 Å². The largest absolute Gasteiger partial charge is 0.465 e. The van der Waals surface area contributed by atoms with Crippen LogP contribution in [0.1, 0.15) is 37.5 Å². The SMILES string of the molecule is CC(C)(C)C1(c2ccncc2)c2ccccc2CCN1C(=O)O. The summed E-state index contributed by atoms with van der Waals surface area (Å²) in [5, 5.41) is 9.93. The second kappa shape index (κ2) is 5.37. The molecule has 0 bridgehead atoms. The summed E-state index contributed by atoms with van der Waals surface area (Å²) >= 11 is 0. The molecule has 1 atom stereocenters. The highest BCUT2D eigenvalue weighted by atomic mass is 16.4. The third-order valence-electron chi connectivity index (χ3n) is 4.83. The van der Waals surface area contributed by atoms with E-state index in [2.05, 4.69) is 37.9 Å². The molecule has 0 saturated carbocycles. The smallest absolute Gasteiger partial charge is 0.408 e. The van der Waals surface area contributed by atoms with Crippen LogP contribution < -0.4 is 0 Å². The molecule has 1 aliphatic rings. The minimum absolute atomic E-state index is 0.316. The van der Waals surface area contributed by atoms with E-state index in [9.17, 15) is 9.90 Å². The zero-order valence-corrected chi connectivity index (χ0v) is 13.8. The van der Waals surface area contributed by atoms with E-state index in [1.807, 2.05) is 24.3 Å². The summed E-state index contributed by atoms with van der Waals surface area (Å²) < 4.78 is 0. The van der Waals surface area contributed by atoms with E-state index in [0.717, 1.165) is 17.5 Å². The molecular formula is C19H22N2O2. The number of pyridine rings is 1. The third kappa shape index (κ3) is 2.21. The third-order valence-corrected chi connectivity index (χ3v) is 4.83. The van der Waals surface area contributed by atoms with Gasteiger partial charge in [0.1, 0.15) is 5.54 Å².